The van der Waals surface area contributed by atoms with Gasteiger partial charge in [-0.3, -0.25) is 14.4 Å². The Balaban J connectivity index is 1.60. The van der Waals surface area contributed by atoms with Crippen LogP contribution in [0.5, 0.6) is 5.75 Å². The zero-order valence-electron chi connectivity index (χ0n) is 27.7. The van der Waals surface area contributed by atoms with Crippen LogP contribution in [0.1, 0.15) is 45.6 Å². The fourth-order valence-electron chi connectivity index (χ4n) is 7.92. The van der Waals surface area contributed by atoms with E-state index in [1.54, 1.807) is 40.2 Å². The number of hydrogen-bond donors (Lipinski definition) is 1. The quantitative estimate of drug-likeness (QED) is 0.266. The van der Waals surface area contributed by atoms with E-state index in [0.717, 1.165) is 5.56 Å². The Morgan fingerprint density at radius 3 is 2.40 bits per heavy atom. The van der Waals surface area contributed by atoms with Crippen LogP contribution in [0.15, 0.2) is 67.8 Å². The Kier molecular flexibility index (Phi) is 10.5. The number of halogens is 1. The fraction of sp³-hybridized carbons (Fsp3) is 0.486. The van der Waals surface area contributed by atoms with Crippen molar-refractivity contribution in [2.45, 2.75) is 70.7 Å². The van der Waals surface area contributed by atoms with Gasteiger partial charge < -0.3 is 29.3 Å². The lowest BCUT2D eigenvalue weighted by Crippen LogP contribution is -2.59. The predicted molar refractivity (Wildman–Crippen MR) is 184 cm³/mol. The first kappa shape index (κ1) is 34.7. The minimum absolute atomic E-state index is 0.126. The van der Waals surface area contributed by atoms with Gasteiger partial charge in [-0.05, 0) is 74.9 Å². The maximum absolute atomic E-state index is 15.0. The fourth-order valence-corrected chi connectivity index (χ4v) is 8.24. The van der Waals surface area contributed by atoms with Gasteiger partial charge in [0.15, 0.2) is 0 Å². The molecule has 1 spiro atoms. The molecule has 2 aromatic carbocycles. The third kappa shape index (κ3) is 6.09. The number of para-hydroxylation sites is 1. The molecule has 47 heavy (non-hydrogen) atoms. The summed E-state index contributed by atoms with van der Waals surface area (Å²) in [6, 6.07) is 10.9. The van der Waals surface area contributed by atoms with E-state index in [9.17, 15) is 19.5 Å². The molecule has 252 valence electrons. The van der Waals surface area contributed by atoms with Crippen LogP contribution < -0.4 is 14.5 Å². The van der Waals surface area contributed by atoms with Crippen molar-refractivity contribution in [1.82, 2.24) is 4.90 Å². The van der Waals surface area contributed by atoms with Gasteiger partial charge in [0.05, 0.1) is 47.9 Å². The maximum atomic E-state index is 15.0. The Bertz CT molecular complexity index is 1490. The van der Waals surface area contributed by atoms with Gasteiger partial charge in [0.1, 0.15) is 17.4 Å². The highest BCUT2D eigenvalue weighted by atomic mass is 35.5. The second-order valence-corrected chi connectivity index (χ2v) is 13.5. The summed E-state index contributed by atoms with van der Waals surface area (Å²) in [5.74, 6) is -1.90. The number of fused-ring (bicyclic) bond motifs is 1. The molecule has 1 N–H and O–H groups in total. The molecule has 0 radical (unpaired) electrons. The number of amides is 3. The predicted octanol–water partition coefficient (Wildman–Crippen LogP) is 5.57. The number of aliphatic hydroxyl groups is 1. The van der Waals surface area contributed by atoms with Crippen molar-refractivity contribution in [1.29, 1.82) is 0 Å². The summed E-state index contributed by atoms with van der Waals surface area (Å²) in [4.78, 5) is 49.1. The molecule has 2 bridgehead atoms. The molecular formula is C37H46ClN3O6. The molecular weight excluding hydrogens is 618 g/mol. The average Bonchev–Trinajstić information content (AvgIpc) is 3.69. The number of hydrogen-bond acceptors (Lipinski definition) is 6. The van der Waals surface area contributed by atoms with Crippen LogP contribution in [0.4, 0.5) is 11.4 Å². The van der Waals surface area contributed by atoms with Crippen LogP contribution in [0.2, 0.25) is 5.02 Å². The minimum atomic E-state index is -1.25. The van der Waals surface area contributed by atoms with Crippen molar-refractivity contribution in [2.24, 2.45) is 17.8 Å². The molecule has 3 fully saturated rings. The van der Waals surface area contributed by atoms with Crippen LogP contribution in [-0.2, 0) is 19.1 Å². The van der Waals surface area contributed by atoms with E-state index in [4.69, 9.17) is 21.1 Å². The van der Waals surface area contributed by atoms with Crippen LogP contribution in [-0.4, -0.2) is 77.8 Å². The highest BCUT2D eigenvalue weighted by Gasteiger charge is 2.75. The van der Waals surface area contributed by atoms with Crippen molar-refractivity contribution >= 4 is 40.7 Å². The van der Waals surface area contributed by atoms with Gasteiger partial charge in [0.2, 0.25) is 11.8 Å². The van der Waals surface area contributed by atoms with Crippen LogP contribution in [0.25, 0.3) is 0 Å². The molecule has 0 aromatic heterocycles. The molecule has 0 aliphatic carbocycles. The number of nitrogens with zero attached hydrogens (tertiary/aromatic N) is 3. The topological polar surface area (TPSA) is 99.6 Å². The molecule has 9 nitrogen and oxygen atoms in total. The van der Waals surface area contributed by atoms with E-state index in [1.807, 2.05) is 52.0 Å². The third-order valence-corrected chi connectivity index (χ3v) is 9.98. The minimum Gasteiger partial charge on any atom is -0.494 e. The number of carbonyl (C=O) groups is 3. The zero-order valence-corrected chi connectivity index (χ0v) is 28.5. The summed E-state index contributed by atoms with van der Waals surface area (Å²) >= 11 is 6.69. The summed E-state index contributed by atoms with van der Waals surface area (Å²) in [7, 11) is 0. The molecule has 6 atom stereocenters. The number of ether oxygens (including phenoxy) is 2. The third-order valence-electron chi connectivity index (χ3n) is 9.68. The molecule has 3 heterocycles. The molecule has 0 saturated carbocycles. The monoisotopic (exact) mass is 663 g/mol. The molecule has 3 aliphatic heterocycles. The van der Waals surface area contributed by atoms with Gasteiger partial charge in [-0.2, -0.15) is 0 Å². The highest BCUT2D eigenvalue weighted by Crippen LogP contribution is 2.60. The number of benzene rings is 2. The summed E-state index contributed by atoms with van der Waals surface area (Å²) in [6.07, 6.45) is 4.14. The number of anilines is 2. The standard InChI is InChI=1S/C37H46ClN3O6/c1-7-19-39(25-13-15-27(16-14-25)46-9-3)34(43)30-29-17-18-37(47-29)31(30)35(44)41(26(22-42)21-23(4)5)33(37)36(45)40(20-8-2)32-24(6)11-10-12-28(32)38/h7-8,10-16,23,26,29-31,33,42H,1-2,9,17-22H2,3-6H3/t26-,29+,30-,31+,33?,37?/m1/s1. The van der Waals surface area contributed by atoms with Gasteiger partial charge in [-0.25, -0.2) is 0 Å². The van der Waals surface area contributed by atoms with E-state index in [1.165, 1.54) is 4.90 Å². The summed E-state index contributed by atoms with van der Waals surface area (Å²) in [5.41, 5.74) is 0.711. The summed E-state index contributed by atoms with van der Waals surface area (Å²) < 4.78 is 12.3. The van der Waals surface area contributed by atoms with Gasteiger partial charge in [0.25, 0.3) is 5.91 Å². The lowest BCUT2D eigenvalue weighted by Gasteiger charge is -2.40. The van der Waals surface area contributed by atoms with Gasteiger partial charge in [-0.15, -0.1) is 13.2 Å². The van der Waals surface area contributed by atoms with E-state index >= 15 is 0 Å². The first-order valence-corrected chi connectivity index (χ1v) is 16.9. The Morgan fingerprint density at radius 1 is 1.13 bits per heavy atom. The number of aliphatic hydroxyl groups excluding tert-OH is 1. The van der Waals surface area contributed by atoms with E-state index < -0.39 is 35.6 Å². The van der Waals surface area contributed by atoms with Gasteiger partial charge in [0, 0.05) is 18.8 Å². The van der Waals surface area contributed by atoms with Crippen molar-refractivity contribution in [3.8, 4) is 5.75 Å². The van der Waals surface area contributed by atoms with Crippen molar-refractivity contribution in [2.75, 3.05) is 36.1 Å². The van der Waals surface area contributed by atoms with Crippen LogP contribution in [0.3, 0.4) is 0 Å². The maximum Gasteiger partial charge on any atom is 0.253 e. The molecule has 3 aliphatic rings. The summed E-state index contributed by atoms with van der Waals surface area (Å²) in [5, 5.41) is 11.1. The Labute approximate surface area is 282 Å². The lowest BCUT2D eigenvalue weighted by atomic mass is 9.70. The van der Waals surface area contributed by atoms with Crippen molar-refractivity contribution in [3.05, 3.63) is 78.4 Å². The van der Waals surface area contributed by atoms with Crippen molar-refractivity contribution < 1.29 is 29.0 Å². The molecule has 5 rings (SSSR count). The van der Waals surface area contributed by atoms with E-state index in [0.29, 0.717) is 48.0 Å². The molecule has 2 aromatic rings. The van der Waals surface area contributed by atoms with E-state index in [2.05, 4.69) is 13.2 Å². The Hall–Kier alpha value is -3.66. The van der Waals surface area contributed by atoms with E-state index in [-0.39, 0.29) is 43.3 Å². The van der Waals surface area contributed by atoms with Gasteiger partial charge >= 0.3 is 0 Å². The van der Waals surface area contributed by atoms with Crippen LogP contribution >= 0.6 is 11.6 Å². The zero-order chi connectivity index (χ0) is 34.0. The first-order valence-electron chi connectivity index (χ1n) is 16.5. The summed E-state index contributed by atoms with van der Waals surface area (Å²) in [6.45, 7) is 16.1. The number of carbonyl (C=O) groups excluding carboxylic acids is 3. The van der Waals surface area contributed by atoms with Crippen LogP contribution in [0, 0.1) is 24.7 Å². The second kappa shape index (κ2) is 14.2. The molecule has 10 heteroatoms. The average molecular weight is 664 g/mol. The van der Waals surface area contributed by atoms with Gasteiger partial charge in [-0.1, -0.05) is 49.7 Å². The number of rotatable bonds is 14. The SMILES string of the molecule is C=CCN(C(=O)[C@@H]1[C@@H]2CCC3(O2)C(C(=O)N(CC=C)c2c(C)cccc2Cl)N([C@@H](CO)CC(C)C)C(=O)[C@H]13)c1ccc(OCC)cc1. The molecule has 2 unspecified atom stereocenters. The second-order valence-electron chi connectivity index (χ2n) is 13.1. The number of aryl methyl sites for hydroxylation is 1. The number of likely N-dealkylation sites (tertiary alicyclic amines) is 1. The smallest absolute Gasteiger partial charge is 0.253 e. The largest absolute Gasteiger partial charge is 0.494 e. The molecule has 3 amide bonds. The van der Waals surface area contributed by atoms with Crippen molar-refractivity contribution in [3.63, 3.8) is 0 Å². The highest BCUT2D eigenvalue weighted by molar-refractivity contribution is 6.34. The first-order chi connectivity index (χ1) is 22.5. The lowest BCUT2D eigenvalue weighted by molar-refractivity contribution is -0.144. The Morgan fingerprint density at radius 2 is 1.81 bits per heavy atom. The molecule has 3 saturated heterocycles. The normalized spacial score (nSPS) is 25.1.